The van der Waals surface area contributed by atoms with Crippen molar-refractivity contribution >= 4 is 39.0 Å². The Balaban J connectivity index is 2.05. The van der Waals surface area contributed by atoms with Crippen LogP contribution < -0.4 is 4.80 Å². The van der Waals surface area contributed by atoms with Crippen LogP contribution in [-0.2, 0) is 11.3 Å². The van der Waals surface area contributed by atoms with Crippen molar-refractivity contribution in [2.45, 2.75) is 20.4 Å². The Labute approximate surface area is 141 Å². The number of aryl methyl sites for hydroxylation is 1. The Morgan fingerprint density at radius 3 is 2.96 bits per heavy atom. The second kappa shape index (κ2) is 7.12. The van der Waals surface area contributed by atoms with E-state index in [0.717, 1.165) is 21.7 Å². The van der Waals surface area contributed by atoms with Gasteiger partial charge < -0.3 is 9.30 Å². The molecule has 0 N–H and O–H groups in total. The molecule has 6 nitrogen and oxygen atoms in total. The molecule has 0 saturated carbocycles. The molecule has 0 fully saturated rings. The Morgan fingerprint density at radius 2 is 2.22 bits per heavy atom. The summed E-state index contributed by atoms with van der Waals surface area (Å²) in [6, 6.07) is 8.02. The summed E-state index contributed by atoms with van der Waals surface area (Å²) >= 11 is 2.57. The van der Waals surface area contributed by atoms with Crippen LogP contribution >= 0.6 is 22.9 Å². The maximum Gasteiger partial charge on any atom is 0.293 e. The number of para-hydroxylation sites is 1. The van der Waals surface area contributed by atoms with Crippen molar-refractivity contribution in [1.82, 2.24) is 14.2 Å². The number of hydrogen-bond acceptors (Lipinski definition) is 6. The van der Waals surface area contributed by atoms with Crippen molar-refractivity contribution in [2.75, 3.05) is 13.2 Å². The average Bonchev–Trinajstić information content (AvgIpc) is 3.12. The van der Waals surface area contributed by atoms with E-state index in [0.29, 0.717) is 35.1 Å². The largest absolute Gasteiger partial charge is 0.380 e. The third kappa shape index (κ3) is 3.39. The lowest BCUT2D eigenvalue weighted by Crippen LogP contribution is -2.19. The number of benzene rings is 1. The van der Waals surface area contributed by atoms with E-state index in [2.05, 4.69) is 14.6 Å². The molecule has 3 aromatic rings. The molecule has 0 aliphatic carbocycles. The predicted molar refractivity (Wildman–Crippen MR) is 90.8 cm³/mol. The van der Waals surface area contributed by atoms with Gasteiger partial charge in [-0.05, 0) is 37.5 Å². The zero-order chi connectivity index (χ0) is 16.2. The first-order chi connectivity index (χ1) is 11.2. The van der Waals surface area contributed by atoms with Gasteiger partial charge in [-0.2, -0.15) is 4.99 Å². The number of hydrogen-bond donors (Lipinski definition) is 0. The van der Waals surface area contributed by atoms with Gasteiger partial charge in [-0.1, -0.05) is 28.0 Å². The maximum atomic E-state index is 12.4. The van der Waals surface area contributed by atoms with Gasteiger partial charge in [-0.25, -0.2) is 0 Å². The summed E-state index contributed by atoms with van der Waals surface area (Å²) < 4.78 is 12.4. The average molecular weight is 348 g/mol. The Bertz CT molecular complexity index is 894. The SMILES string of the molecule is CCOCCn1c(=NC(=O)c2snnc2C)sc2ccccc21. The highest BCUT2D eigenvalue weighted by Crippen LogP contribution is 2.17. The maximum absolute atomic E-state index is 12.4. The van der Waals surface area contributed by atoms with Gasteiger partial charge >= 0.3 is 0 Å². The molecule has 0 radical (unpaired) electrons. The molecular formula is C15H16N4O2S2. The van der Waals surface area contributed by atoms with E-state index in [1.165, 1.54) is 11.3 Å². The molecular weight excluding hydrogens is 332 g/mol. The normalized spacial score (nSPS) is 12.2. The summed E-state index contributed by atoms with van der Waals surface area (Å²) in [5, 5.41) is 3.87. The summed E-state index contributed by atoms with van der Waals surface area (Å²) in [5.41, 5.74) is 1.67. The third-order valence-electron chi connectivity index (χ3n) is 3.29. The van der Waals surface area contributed by atoms with Crippen LogP contribution in [0, 0.1) is 6.92 Å². The molecule has 0 unspecified atom stereocenters. The molecule has 3 rings (SSSR count). The topological polar surface area (TPSA) is 69.4 Å². The van der Waals surface area contributed by atoms with E-state index in [1.54, 1.807) is 6.92 Å². The van der Waals surface area contributed by atoms with Crippen LogP contribution in [0.3, 0.4) is 0 Å². The summed E-state index contributed by atoms with van der Waals surface area (Å²) in [7, 11) is 0. The van der Waals surface area contributed by atoms with Gasteiger partial charge in [0, 0.05) is 13.2 Å². The van der Waals surface area contributed by atoms with Gasteiger partial charge in [0.15, 0.2) is 4.80 Å². The second-order valence-electron chi connectivity index (χ2n) is 4.81. The van der Waals surface area contributed by atoms with Crippen molar-refractivity contribution in [2.24, 2.45) is 4.99 Å². The number of thiazole rings is 1. The predicted octanol–water partition coefficient (Wildman–Crippen LogP) is 2.64. The highest BCUT2D eigenvalue weighted by Gasteiger charge is 2.13. The van der Waals surface area contributed by atoms with Crippen molar-refractivity contribution < 1.29 is 9.53 Å². The van der Waals surface area contributed by atoms with Crippen LogP contribution in [0.1, 0.15) is 22.3 Å². The summed E-state index contributed by atoms with van der Waals surface area (Å²) in [5.74, 6) is -0.297. The molecule has 0 atom stereocenters. The number of ether oxygens (including phenoxy) is 1. The quantitative estimate of drug-likeness (QED) is 0.665. The summed E-state index contributed by atoms with van der Waals surface area (Å²) in [4.78, 5) is 17.8. The zero-order valence-corrected chi connectivity index (χ0v) is 14.5. The number of rotatable bonds is 5. The van der Waals surface area contributed by atoms with Crippen molar-refractivity contribution in [3.63, 3.8) is 0 Å². The summed E-state index contributed by atoms with van der Waals surface area (Å²) in [6.07, 6.45) is 0. The number of amides is 1. The molecule has 0 aliphatic heterocycles. The highest BCUT2D eigenvalue weighted by molar-refractivity contribution is 7.16. The molecule has 0 saturated heterocycles. The van der Waals surface area contributed by atoms with E-state index in [9.17, 15) is 4.79 Å². The van der Waals surface area contributed by atoms with Crippen LogP contribution in [0.25, 0.3) is 10.2 Å². The number of carbonyl (C=O) groups is 1. The van der Waals surface area contributed by atoms with Gasteiger partial charge in [0.25, 0.3) is 5.91 Å². The fourth-order valence-corrected chi connectivity index (χ4v) is 3.78. The minimum absolute atomic E-state index is 0.297. The first-order valence-electron chi connectivity index (χ1n) is 7.25. The van der Waals surface area contributed by atoms with Crippen LogP contribution in [0.15, 0.2) is 29.3 Å². The first kappa shape index (κ1) is 16.0. The molecule has 0 aliphatic rings. The monoisotopic (exact) mass is 348 g/mol. The van der Waals surface area contributed by atoms with Crippen LogP contribution in [0.4, 0.5) is 0 Å². The second-order valence-corrected chi connectivity index (χ2v) is 6.57. The molecule has 8 heteroatoms. The van der Waals surface area contributed by atoms with Gasteiger partial charge in [0.2, 0.25) is 0 Å². The molecule has 1 aromatic carbocycles. The Morgan fingerprint density at radius 1 is 1.39 bits per heavy atom. The molecule has 2 heterocycles. The molecule has 120 valence electrons. The van der Waals surface area contributed by atoms with Crippen molar-refractivity contribution in [3.8, 4) is 0 Å². The van der Waals surface area contributed by atoms with Gasteiger partial charge in [-0.15, -0.1) is 5.10 Å². The Kier molecular flexibility index (Phi) is 4.94. The lowest BCUT2D eigenvalue weighted by atomic mass is 10.3. The highest BCUT2D eigenvalue weighted by atomic mass is 32.1. The van der Waals surface area contributed by atoms with Crippen LogP contribution in [0.5, 0.6) is 0 Å². The van der Waals surface area contributed by atoms with Crippen molar-refractivity contribution in [3.05, 3.63) is 39.6 Å². The van der Waals surface area contributed by atoms with Gasteiger partial charge in [0.05, 0.1) is 22.5 Å². The van der Waals surface area contributed by atoms with Crippen molar-refractivity contribution in [1.29, 1.82) is 0 Å². The van der Waals surface area contributed by atoms with Gasteiger partial charge in [-0.3, -0.25) is 4.79 Å². The fraction of sp³-hybridized carbons (Fsp3) is 0.333. The van der Waals surface area contributed by atoms with E-state index in [4.69, 9.17) is 4.74 Å². The third-order valence-corrected chi connectivity index (χ3v) is 5.17. The zero-order valence-electron chi connectivity index (χ0n) is 12.9. The molecule has 2 aromatic heterocycles. The first-order valence-corrected chi connectivity index (χ1v) is 8.84. The molecule has 1 amide bonds. The molecule has 23 heavy (non-hydrogen) atoms. The lowest BCUT2D eigenvalue weighted by molar-refractivity contribution is 0.0999. The lowest BCUT2D eigenvalue weighted by Gasteiger charge is -2.05. The number of fused-ring (bicyclic) bond motifs is 1. The standard InChI is InChI=1S/C15H16N4O2S2/c1-3-21-9-8-19-11-6-4-5-7-12(11)22-15(19)16-14(20)13-10(2)17-18-23-13/h4-7H,3,8-9H2,1-2H3. The fourth-order valence-electron chi connectivity index (χ4n) is 2.19. The van der Waals surface area contributed by atoms with Gasteiger partial charge in [0.1, 0.15) is 4.88 Å². The minimum atomic E-state index is -0.297. The van der Waals surface area contributed by atoms with E-state index in [1.807, 2.05) is 35.8 Å². The number of nitrogens with zero attached hydrogens (tertiary/aromatic N) is 4. The molecule has 0 bridgehead atoms. The minimum Gasteiger partial charge on any atom is -0.380 e. The molecule has 0 spiro atoms. The van der Waals surface area contributed by atoms with E-state index < -0.39 is 0 Å². The van der Waals surface area contributed by atoms with E-state index >= 15 is 0 Å². The number of carbonyl (C=O) groups excluding carboxylic acids is 1. The van der Waals surface area contributed by atoms with E-state index in [-0.39, 0.29) is 5.91 Å². The summed E-state index contributed by atoms with van der Waals surface area (Å²) in [6.45, 7) is 5.63. The number of aromatic nitrogens is 3. The van der Waals surface area contributed by atoms with Crippen LogP contribution in [-0.4, -0.2) is 33.3 Å². The Hall–Kier alpha value is -1.90. The van der Waals surface area contributed by atoms with Crippen LogP contribution in [0.2, 0.25) is 0 Å². The smallest absolute Gasteiger partial charge is 0.293 e.